The molecule has 0 unspecified atom stereocenters. The molecule has 1 aromatic heterocycles. The number of carbonyl (C=O) groups is 2. The second kappa shape index (κ2) is 30.4. The smallest absolute Gasteiger partial charge is 0.343 e. The van der Waals surface area contributed by atoms with Crippen molar-refractivity contribution in [2.45, 2.75) is 142 Å². The first-order valence-electron chi connectivity index (χ1n) is 25.6. The van der Waals surface area contributed by atoms with E-state index in [1.165, 1.54) is 127 Å². The van der Waals surface area contributed by atoms with Crippen molar-refractivity contribution >= 4 is 23.3 Å². The molecular formula is C60H70O8S. The van der Waals surface area contributed by atoms with Crippen LogP contribution in [0.2, 0.25) is 0 Å². The van der Waals surface area contributed by atoms with Gasteiger partial charge in [-0.1, -0.05) is 141 Å². The number of thiophene rings is 1. The summed E-state index contributed by atoms with van der Waals surface area (Å²) in [6.07, 6.45) is 25.7. The van der Waals surface area contributed by atoms with Crippen molar-refractivity contribution in [2.24, 2.45) is 0 Å². The second-order valence-corrected chi connectivity index (χ2v) is 18.6. The first-order chi connectivity index (χ1) is 34.0. The molecule has 0 saturated heterocycles. The maximum absolute atomic E-state index is 12.9. The minimum absolute atomic E-state index is 0.415. The molecule has 0 aliphatic carbocycles. The lowest BCUT2D eigenvalue weighted by Gasteiger charge is -2.15. The lowest BCUT2D eigenvalue weighted by atomic mass is 10.1. The molecule has 0 fully saturated rings. The van der Waals surface area contributed by atoms with Gasteiger partial charge in [-0.15, -0.1) is 11.3 Å². The molecule has 1 aliphatic heterocycles. The van der Waals surface area contributed by atoms with Gasteiger partial charge in [-0.3, -0.25) is 0 Å². The Morgan fingerprint density at radius 2 is 0.739 bits per heavy atom. The van der Waals surface area contributed by atoms with Crippen LogP contribution < -0.4 is 28.4 Å². The van der Waals surface area contributed by atoms with Crippen LogP contribution in [-0.2, 0) is 0 Å². The van der Waals surface area contributed by atoms with Crippen LogP contribution in [-0.4, -0.2) is 38.4 Å². The van der Waals surface area contributed by atoms with E-state index in [1.807, 2.05) is 48.5 Å². The summed E-state index contributed by atoms with van der Waals surface area (Å²) < 4.78 is 35.1. The Morgan fingerprint density at radius 3 is 1.09 bits per heavy atom. The third-order valence-corrected chi connectivity index (χ3v) is 12.9. The van der Waals surface area contributed by atoms with Gasteiger partial charge >= 0.3 is 11.9 Å². The maximum atomic E-state index is 12.9. The van der Waals surface area contributed by atoms with E-state index >= 15 is 0 Å². The van der Waals surface area contributed by atoms with Crippen LogP contribution in [0.25, 0.3) is 0 Å². The molecule has 8 nitrogen and oxygen atoms in total. The van der Waals surface area contributed by atoms with Gasteiger partial charge in [0.05, 0.1) is 24.3 Å². The van der Waals surface area contributed by atoms with Gasteiger partial charge in [-0.2, -0.15) is 0 Å². The van der Waals surface area contributed by atoms with Gasteiger partial charge in [-0.05, 0) is 122 Å². The van der Waals surface area contributed by atoms with Crippen molar-refractivity contribution in [3.63, 3.8) is 0 Å². The average Bonchev–Trinajstić information content (AvgIpc) is 3.74. The van der Waals surface area contributed by atoms with Crippen molar-refractivity contribution in [3.05, 3.63) is 129 Å². The fraction of sp³-hybridized carbons (Fsp3) is 0.433. The third-order valence-electron chi connectivity index (χ3n) is 11.9. The monoisotopic (exact) mass is 950 g/mol. The topological polar surface area (TPSA) is 89.5 Å². The molecule has 6 rings (SSSR count). The van der Waals surface area contributed by atoms with Crippen LogP contribution in [0.3, 0.4) is 0 Å². The van der Waals surface area contributed by atoms with Gasteiger partial charge < -0.3 is 28.4 Å². The molecule has 0 radical (unpaired) electrons. The van der Waals surface area contributed by atoms with Crippen LogP contribution in [0.1, 0.15) is 184 Å². The highest BCUT2D eigenvalue weighted by Gasteiger charge is 2.23. The van der Waals surface area contributed by atoms with E-state index < -0.39 is 11.9 Å². The molecule has 4 aromatic carbocycles. The molecule has 2 heterocycles. The molecule has 0 atom stereocenters. The SMILES string of the molecule is CCCCCCCCCCCCOc1ccc(C(=O)Oc2ccc(C#Cc3sc(C#Cc4ccc(OC(=O)c5ccc(OCCCCCCCCCCCC)cc5)cc4)c4c3OCCO4)cc2)cc1. The summed E-state index contributed by atoms with van der Waals surface area (Å²) in [5.41, 5.74) is 2.38. The molecule has 0 amide bonds. The minimum Gasteiger partial charge on any atom is -0.494 e. The van der Waals surface area contributed by atoms with Gasteiger partial charge in [0.1, 0.15) is 46.0 Å². The van der Waals surface area contributed by atoms with E-state index in [4.69, 9.17) is 28.4 Å². The number of ether oxygens (including phenoxy) is 6. The predicted molar refractivity (Wildman–Crippen MR) is 278 cm³/mol. The summed E-state index contributed by atoms with van der Waals surface area (Å²) in [5.74, 6) is 15.5. The summed E-state index contributed by atoms with van der Waals surface area (Å²) in [6, 6.07) is 28.3. The Labute approximate surface area is 415 Å². The van der Waals surface area contributed by atoms with Crippen LogP contribution >= 0.6 is 11.3 Å². The van der Waals surface area contributed by atoms with Crippen molar-refractivity contribution in [3.8, 4) is 58.2 Å². The highest BCUT2D eigenvalue weighted by atomic mass is 32.1. The highest BCUT2D eigenvalue weighted by Crippen LogP contribution is 2.43. The number of hydrogen-bond donors (Lipinski definition) is 0. The predicted octanol–water partition coefficient (Wildman–Crippen LogP) is 15.4. The Hall–Kier alpha value is -6.16. The fourth-order valence-corrected chi connectivity index (χ4v) is 8.75. The van der Waals surface area contributed by atoms with Crippen LogP contribution in [0.5, 0.6) is 34.5 Å². The zero-order valence-corrected chi connectivity index (χ0v) is 41.7. The molecule has 0 saturated carbocycles. The number of fused-ring (bicyclic) bond motifs is 1. The molecule has 0 N–H and O–H groups in total. The Bertz CT molecular complexity index is 2240. The van der Waals surface area contributed by atoms with E-state index in [1.54, 1.807) is 48.5 Å². The standard InChI is InChI=1S/C60H70O8S/c1-3-5-7-9-11-13-15-17-19-21-43-63-51-37-29-49(30-38-51)59(61)67-53-33-23-47(24-34-53)27-41-55-57-58(66-46-45-65-57)56(69-55)42-28-48-25-35-54(36-26-48)68-60(62)50-31-39-52(40-32-50)64-44-22-20-18-16-14-12-10-8-6-4-2/h23-26,29-40H,3-22,43-46H2,1-2H3. The molecule has 1 aliphatic rings. The van der Waals surface area contributed by atoms with Gasteiger partial charge in [-0.25, -0.2) is 9.59 Å². The van der Waals surface area contributed by atoms with Crippen LogP contribution in [0.4, 0.5) is 0 Å². The highest BCUT2D eigenvalue weighted by molar-refractivity contribution is 7.13. The summed E-state index contributed by atoms with van der Waals surface area (Å²) in [7, 11) is 0. The number of benzene rings is 4. The summed E-state index contributed by atoms with van der Waals surface area (Å²) in [4.78, 5) is 27.2. The zero-order chi connectivity index (χ0) is 48.1. The Kier molecular flexibility index (Phi) is 23.0. The van der Waals surface area contributed by atoms with Crippen molar-refractivity contribution < 1.29 is 38.0 Å². The lowest BCUT2D eigenvalue weighted by Crippen LogP contribution is -2.15. The first-order valence-corrected chi connectivity index (χ1v) is 26.4. The molecule has 5 aromatic rings. The lowest BCUT2D eigenvalue weighted by molar-refractivity contribution is 0.0725. The maximum Gasteiger partial charge on any atom is 0.343 e. The Morgan fingerprint density at radius 1 is 0.420 bits per heavy atom. The van der Waals surface area contributed by atoms with Crippen molar-refractivity contribution in [1.29, 1.82) is 0 Å². The number of carbonyl (C=O) groups excluding carboxylic acids is 2. The summed E-state index contributed by atoms with van der Waals surface area (Å²) in [6.45, 7) is 6.69. The largest absolute Gasteiger partial charge is 0.494 e. The van der Waals surface area contributed by atoms with E-state index in [9.17, 15) is 9.59 Å². The normalized spacial score (nSPS) is 11.4. The summed E-state index contributed by atoms with van der Waals surface area (Å²) in [5, 5.41) is 0. The minimum atomic E-state index is -0.442. The number of hydrogen-bond acceptors (Lipinski definition) is 9. The molecule has 9 heteroatoms. The van der Waals surface area contributed by atoms with E-state index in [2.05, 4.69) is 37.5 Å². The molecule has 364 valence electrons. The van der Waals surface area contributed by atoms with E-state index in [0.29, 0.717) is 70.3 Å². The van der Waals surface area contributed by atoms with Gasteiger partial charge in [0.15, 0.2) is 11.5 Å². The molecule has 69 heavy (non-hydrogen) atoms. The van der Waals surface area contributed by atoms with Gasteiger partial charge in [0, 0.05) is 11.1 Å². The zero-order valence-electron chi connectivity index (χ0n) is 40.9. The second-order valence-electron chi connectivity index (χ2n) is 17.6. The average molecular weight is 951 g/mol. The molecule has 0 bridgehead atoms. The van der Waals surface area contributed by atoms with Gasteiger partial charge in [0.2, 0.25) is 0 Å². The molecule has 0 spiro atoms. The summed E-state index contributed by atoms with van der Waals surface area (Å²) >= 11 is 1.40. The van der Waals surface area contributed by atoms with Crippen LogP contribution in [0.15, 0.2) is 97.1 Å². The Balaban J connectivity index is 0.918. The number of unbranched alkanes of at least 4 members (excludes halogenated alkanes) is 18. The van der Waals surface area contributed by atoms with Crippen molar-refractivity contribution in [2.75, 3.05) is 26.4 Å². The molecular weight excluding hydrogens is 881 g/mol. The van der Waals surface area contributed by atoms with Crippen molar-refractivity contribution in [1.82, 2.24) is 0 Å². The van der Waals surface area contributed by atoms with Gasteiger partial charge in [0.25, 0.3) is 0 Å². The quantitative estimate of drug-likeness (QED) is 0.0212. The number of rotatable bonds is 28. The third kappa shape index (κ3) is 18.7. The van der Waals surface area contributed by atoms with E-state index in [-0.39, 0.29) is 0 Å². The van der Waals surface area contributed by atoms with Crippen LogP contribution in [0, 0.1) is 23.7 Å². The number of esters is 2. The van der Waals surface area contributed by atoms with E-state index in [0.717, 1.165) is 35.5 Å². The first kappa shape index (κ1) is 52.2. The fourth-order valence-electron chi connectivity index (χ4n) is 7.85.